The van der Waals surface area contributed by atoms with Crippen molar-refractivity contribution in [3.8, 4) is 22.8 Å². The number of carbonyl (C=O) groups is 2. The summed E-state index contributed by atoms with van der Waals surface area (Å²) in [5.74, 6) is -0.101. The average molecular weight is 411 g/mol. The zero-order valence-corrected chi connectivity index (χ0v) is 16.8. The second-order valence-corrected chi connectivity index (χ2v) is 6.04. The van der Waals surface area contributed by atoms with E-state index in [0.717, 1.165) is 0 Å². The van der Waals surface area contributed by atoms with E-state index in [1.54, 1.807) is 56.5 Å². The predicted molar refractivity (Wildman–Crippen MR) is 106 cm³/mol. The van der Waals surface area contributed by atoms with E-state index in [-0.39, 0.29) is 18.9 Å². The number of hydrogen-bond acceptors (Lipinski definition) is 8. The molecule has 3 rings (SSSR count). The van der Waals surface area contributed by atoms with Gasteiger partial charge in [0.25, 0.3) is 0 Å². The standard InChI is InChI=1S/C21H21N3O6/c1-4-29-21(26)19-18(22-24-23-19)13-9-10-16(27-2)14(11-13)12-30-17-8-6-5-7-15(17)20(25)28-3/h5-11H,4,12H2,1-3H3,(H,22,23,24). The zero-order chi connectivity index (χ0) is 21.5. The van der Waals surface area contributed by atoms with Crippen molar-refractivity contribution < 1.29 is 28.5 Å². The highest BCUT2D eigenvalue weighted by molar-refractivity contribution is 5.94. The van der Waals surface area contributed by atoms with E-state index in [9.17, 15) is 9.59 Å². The fourth-order valence-electron chi connectivity index (χ4n) is 2.84. The molecule has 0 unspecified atom stereocenters. The number of benzene rings is 2. The minimum absolute atomic E-state index is 0.0879. The number of carbonyl (C=O) groups excluding carboxylic acids is 2. The van der Waals surface area contributed by atoms with Gasteiger partial charge in [-0.3, -0.25) is 0 Å². The van der Waals surface area contributed by atoms with Gasteiger partial charge < -0.3 is 18.9 Å². The van der Waals surface area contributed by atoms with Crippen LogP contribution in [-0.4, -0.2) is 48.2 Å². The summed E-state index contributed by atoms with van der Waals surface area (Å²) in [5, 5.41) is 10.4. The fourth-order valence-corrected chi connectivity index (χ4v) is 2.84. The molecule has 30 heavy (non-hydrogen) atoms. The molecule has 0 aliphatic carbocycles. The molecule has 0 atom stereocenters. The van der Waals surface area contributed by atoms with Crippen molar-refractivity contribution in [3.63, 3.8) is 0 Å². The van der Waals surface area contributed by atoms with Gasteiger partial charge in [-0.2, -0.15) is 10.3 Å². The second-order valence-electron chi connectivity index (χ2n) is 6.04. The number of H-pyrrole nitrogens is 1. The van der Waals surface area contributed by atoms with Crippen LogP contribution in [0.15, 0.2) is 42.5 Å². The highest BCUT2D eigenvalue weighted by atomic mass is 16.5. The smallest absolute Gasteiger partial charge is 0.361 e. The van der Waals surface area contributed by atoms with Gasteiger partial charge >= 0.3 is 11.9 Å². The van der Waals surface area contributed by atoms with E-state index in [2.05, 4.69) is 15.4 Å². The Labute approximate surface area is 172 Å². The third kappa shape index (κ3) is 4.40. The number of methoxy groups -OCH3 is 2. The number of aromatic nitrogens is 3. The van der Waals surface area contributed by atoms with Crippen LogP contribution in [-0.2, 0) is 16.1 Å². The number of hydrogen-bond donors (Lipinski definition) is 1. The molecule has 2 aromatic carbocycles. The Morgan fingerprint density at radius 1 is 1.00 bits per heavy atom. The molecule has 1 aromatic heterocycles. The molecule has 3 aromatic rings. The highest BCUT2D eigenvalue weighted by Crippen LogP contribution is 2.29. The topological polar surface area (TPSA) is 113 Å². The summed E-state index contributed by atoms with van der Waals surface area (Å²) in [6.07, 6.45) is 0. The SMILES string of the molecule is CCOC(=O)c1n[nH]nc1-c1ccc(OC)c(COc2ccccc2C(=O)OC)c1. The van der Waals surface area contributed by atoms with Gasteiger partial charge in [-0.25, -0.2) is 9.59 Å². The van der Waals surface area contributed by atoms with Crippen molar-refractivity contribution in [2.45, 2.75) is 13.5 Å². The molecule has 0 radical (unpaired) electrons. The molecule has 9 nitrogen and oxygen atoms in total. The average Bonchev–Trinajstić information content (AvgIpc) is 3.27. The van der Waals surface area contributed by atoms with Crippen LogP contribution in [0.3, 0.4) is 0 Å². The Morgan fingerprint density at radius 2 is 1.80 bits per heavy atom. The van der Waals surface area contributed by atoms with Crippen molar-refractivity contribution in [1.82, 2.24) is 15.4 Å². The molecule has 1 N–H and O–H groups in total. The Bertz CT molecular complexity index is 1050. The predicted octanol–water partition coefficient (Wildman–Crippen LogP) is 3.02. The molecule has 0 amide bonds. The van der Waals surface area contributed by atoms with E-state index < -0.39 is 11.9 Å². The van der Waals surface area contributed by atoms with Gasteiger partial charge in [0.15, 0.2) is 5.69 Å². The zero-order valence-electron chi connectivity index (χ0n) is 16.8. The minimum atomic E-state index is -0.568. The van der Waals surface area contributed by atoms with Crippen LogP contribution in [0.4, 0.5) is 0 Å². The third-order valence-electron chi connectivity index (χ3n) is 4.25. The fraction of sp³-hybridized carbons (Fsp3) is 0.238. The van der Waals surface area contributed by atoms with Crippen LogP contribution in [0.1, 0.15) is 33.3 Å². The van der Waals surface area contributed by atoms with Gasteiger partial charge in [0.1, 0.15) is 29.4 Å². The van der Waals surface area contributed by atoms with Crippen molar-refractivity contribution in [3.05, 3.63) is 59.3 Å². The maximum Gasteiger partial charge on any atom is 0.361 e. The first-order chi connectivity index (χ1) is 14.6. The van der Waals surface area contributed by atoms with E-state index in [0.29, 0.717) is 33.9 Å². The Kier molecular flexibility index (Phi) is 6.63. The normalized spacial score (nSPS) is 10.4. The molecule has 9 heteroatoms. The first-order valence-corrected chi connectivity index (χ1v) is 9.14. The number of rotatable bonds is 8. The molecule has 0 bridgehead atoms. The molecule has 156 valence electrons. The number of nitrogens with one attached hydrogen (secondary N) is 1. The van der Waals surface area contributed by atoms with Crippen LogP contribution in [0, 0.1) is 0 Å². The maximum atomic E-state index is 12.1. The summed E-state index contributed by atoms with van der Waals surface area (Å²) in [4.78, 5) is 24.1. The lowest BCUT2D eigenvalue weighted by Crippen LogP contribution is -2.07. The molecule has 0 fully saturated rings. The van der Waals surface area contributed by atoms with Crippen LogP contribution >= 0.6 is 0 Å². The number of ether oxygens (including phenoxy) is 4. The monoisotopic (exact) mass is 411 g/mol. The van der Waals surface area contributed by atoms with E-state index >= 15 is 0 Å². The van der Waals surface area contributed by atoms with Crippen molar-refractivity contribution >= 4 is 11.9 Å². The summed E-state index contributed by atoms with van der Waals surface area (Å²) in [5.41, 5.74) is 2.08. The molecule has 0 spiro atoms. The van der Waals surface area contributed by atoms with Crippen LogP contribution in [0.2, 0.25) is 0 Å². The van der Waals surface area contributed by atoms with Gasteiger partial charge in [0, 0.05) is 11.1 Å². The van der Waals surface area contributed by atoms with Crippen molar-refractivity contribution in [2.75, 3.05) is 20.8 Å². The quantitative estimate of drug-likeness (QED) is 0.563. The number of nitrogens with zero attached hydrogens (tertiary/aromatic N) is 2. The molecule has 0 saturated carbocycles. The van der Waals surface area contributed by atoms with Crippen molar-refractivity contribution in [2.24, 2.45) is 0 Å². The van der Waals surface area contributed by atoms with Crippen molar-refractivity contribution in [1.29, 1.82) is 0 Å². The van der Waals surface area contributed by atoms with Gasteiger partial charge in [-0.1, -0.05) is 12.1 Å². The summed E-state index contributed by atoms with van der Waals surface area (Å²) in [6, 6.07) is 12.1. The summed E-state index contributed by atoms with van der Waals surface area (Å²) >= 11 is 0. The number of aromatic amines is 1. The molecule has 1 heterocycles. The van der Waals surface area contributed by atoms with Gasteiger partial charge in [0.2, 0.25) is 0 Å². The summed E-state index contributed by atoms with van der Waals surface area (Å²) in [6.45, 7) is 2.05. The highest BCUT2D eigenvalue weighted by Gasteiger charge is 2.20. The summed E-state index contributed by atoms with van der Waals surface area (Å²) in [7, 11) is 2.85. The van der Waals surface area contributed by atoms with Crippen LogP contribution < -0.4 is 9.47 Å². The Hall–Kier alpha value is -3.88. The maximum absolute atomic E-state index is 12.1. The molecular formula is C21H21N3O6. The van der Waals surface area contributed by atoms with Gasteiger partial charge in [-0.15, -0.1) is 5.10 Å². The number of esters is 2. The lowest BCUT2D eigenvalue weighted by Gasteiger charge is -2.13. The van der Waals surface area contributed by atoms with E-state index in [4.69, 9.17) is 18.9 Å². The first-order valence-electron chi connectivity index (χ1n) is 9.14. The third-order valence-corrected chi connectivity index (χ3v) is 4.25. The first kappa shape index (κ1) is 20.8. The second kappa shape index (κ2) is 9.55. The lowest BCUT2D eigenvalue weighted by molar-refractivity contribution is 0.0519. The molecule has 0 aliphatic heterocycles. The largest absolute Gasteiger partial charge is 0.496 e. The van der Waals surface area contributed by atoms with Crippen LogP contribution in [0.5, 0.6) is 11.5 Å². The molecule has 0 saturated heterocycles. The minimum Gasteiger partial charge on any atom is -0.496 e. The van der Waals surface area contributed by atoms with E-state index in [1.807, 2.05) is 0 Å². The van der Waals surface area contributed by atoms with E-state index in [1.165, 1.54) is 7.11 Å². The molecule has 0 aliphatic rings. The van der Waals surface area contributed by atoms with Gasteiger partial charge in [-0.05, 0) is 37.3 Å². The molecular weight excluding hydrogens is 390 g/mol. The summed E-state index contributed by atoms with van der Waals surface area (Å²) < 4.78 is 21.1. The number of para-hydroxylation sites is 1. The lowest BCUT2D eigenvalue weighted by atomic mass is 10.1. The Morgan fingerprint density at radius 3 is 2.53 bits per heavy atom. The Balaban J connectivity index is 1.90. The van der Waals surface area contributed by atoms with Crippen LogP contribution in [0.25, 0.3) is 11.3 Å². The van der Waals surface area contributed by atoms with Gasteiger partial charge in [0.05, 0.1) is 20.8 Å².